The van der Waals surface area contributed by atoms with Crippen molar-refractivity contribution < 1.29 is 4.74 Å². The molecule has 4 heteroatoms. The second kappa shape index (κ2) is 5.01. The largest absolute Gasteiger partial charge is 0.497 e. The predicted molar refractivity (Wildman–Crippen MR) is 67.0 cm³/mol. The van der Waals surface area contributed by atoms with Crippen LogP contribution in [-0.2, 0) is 13.1 Å². The first kappa shape index (κ1) is 11.7. The lowest BCUT2D eigenvalue weighted by atomic mass is 10.3. The van der Waals surface area contributed by atoms with Crippen LogP contribution in [0.1, 0.15) is 17.1 Å². The molecule has 0 atom stereocenters. The SMILES string of the molecule is COc1cc(C)nc(Cn2cccc2CN)c1. The first-order valence-electron chi connectivity index (χ1n) is 5.58. The van der Waals surface area contributed by atoms with E-state index < -0.39 is 0 Å². The molecule has 0 spiro atoms. The Morgan fingerprint density at radius 2 is 2.24 bits per heavy atom. The number of hydrogen-bond acceptors (Lipinski definition) is 3. The molecule has 0 saturated carbocycles. The summed E-state index contributed by atoms with van der Waals surface area (Å²) < 4.78 is 7.34. The number of aromatic nitrogens is 2. The number of nitrogens with zero attached hydrogens (tertiary/aromatic N) is 2. The van der Waals surface area contributed by atoms with Gasteiger partial charge in [-0.1, -0.05) is 0 Å². The number of nitrogens with two attached hydrogens (primary N) is 1. The fourth-order valence-electron chi connectivity index (χ4n) is 1.87. The van der Waals surface area contributed by atoms with Gasteiger partial charge in [0.1, 0.15) is 5.75 Å². The Hall–Kier alpha value is -1.81. The summed E-state index contributed by atoms with van der Waals surface area (Å²) in [6, 6.07) is 7.89. The zero-order valence-corrected chi connectivity index (χ0v) is 10.2. The van der Waals surface area contributed by atoms with Crippen molar-refractivity contribution in [3.05, 3.63) is 47.5 Å². The van der Waals surface area contributed by atoms with E-state index in [0.29, 0.717) is 6.54 Å². The fraction of sp³-hybridized carbons (Fsp3) is 0.308. The minimum atomic E-state index is 0.538. The van der Waals surface area contributed by atoms with E-state index in [1.165, 1.54) is 0 Å². The van der Waals surface area contributed by atoms with Gasteiger partial charge in [-0.3, -0.25) is 4.98 Å². The number of pyridine rings is 1. The normalized spacial score (nSPS) is 10.5. The standard InChI is InChI=1S/C13H17N3O/c1-10-6-13(17-2)7-11(15-10)9-16-5-3-4-12(16)8-14/h3-7H,8-9,14H2,1-2H3. The maximum atomic E-state index is 5.67. The summed E-state index contributed by atoms with van der Waals surface area (Å²) in [6.45, 7) is 3.22. The van der Waals surface area contributed by atoms with Gasteiger partial charge in [-0.15, -0.1) is 0 Å². The summed E-state index contributed by atoms with van der Waals surface area (Å²) in [5, 5.41) is 0. The number of aryl methyl sites for hydroxylation is 1. The zero-order valence-electron chi connectivity index (χ0n) is 10.2. The topological polar surface area (TPSA) is 53.1 Å². The van der Waals surface area contributed by atoms with Gasteiger partial charge in [-0.05, 0) is 19.1 Å². The van der Waals surface area contributed by atoms with Gasteiger partial charge < -0.3 is 15.0 Å². The molecule has 0 aliphatic rings. The summed E-state index contributed by atoms with van der Waals surface area (Å²) in [7, 11) is 1.67. The Kier molecular flexibility index (Phi) is 3.44. The zero-order chi connectivity index (χ0) is 12.3. The van der Waals surface area contributed by atoms with Crippen LogP contribution >= 0.6 is 0 Å². The first-order valence-corrected chi connectivity index (χ1v) is 5.58. The van der Waals surface area contributed by atoms with Crippen molar-refractivity contribution >= 4 is 0 Å². The molecular weight excluding hydrogens is 214 g/mol. The summed E-state index contributed by atoms with van der Waals surface area (Å²) in [4.78, 5) is 4.49. The van der Waals surface area contributed by atoms with Gasteiger partial charge in [0.15, 0.2) is 0 Å². The molecular formula is C13H17N3O. The highest BCUT2D eigenvalue weighted by Crippen LogP contribution is 2.15. The van der Waals surface area contributed by atoms with E-state index in [1.807, 2.05) is 37.4 Å². The van der Waals surface area contributed by atoms with E-state index in [1.54, 1.807) is 7.11 Å². The molecule has 0 radical (unpaired) electrons. The highest BCUT2D eigenvalue weighted by Gasteiger charge is 2.04. The van der Waals surface area contributed by atoms with Crippen LogP contribution in [0.25, 0.3) is 0 Å². The highest BCUT2D eigenvalue weighted by molar-refractivity contribution is 5.27. The molecule has 2 aromatic rings. The molecule has 0 bridgehead atoms. The van der Waals surface area contributed by atoms with E-state index in [9.17, 15) is 0 Å². The third-order valence-electron chi connectivity index (χ3n) is 2.68. The molecule has 17 heavy (non-hydrogen) atoms. The van der Waals surface area contributed by atoms with Crippen LogP contribution in [0.2, 0.25) is 0 Å². The van der Waals surface area contributed by atoms with Crippen molar-refractivity contribution in [3.8, 4) is 5.75 Å². The fourth-order valence-corrected chi connectivity index (χ4v) is 1.87. The van der Waals surface area contributed by atoms with E-state index in [4.69, 9.17) is 10.5 Å². The Bertz CT molecular complexity index is 505. The van der Waals surface area contributed by atoms with Crippen molar-refractivity contribution in [2.75, 3.05) is 7.11 Å². The molecule has 0 saturated heterocycles. The molecule has 2 aromatic heterocycles. The highest BCUT2D eigenvalue weighted by atomic mass is 16.5. The summed E-state index contributed by atoms with van der Waals surface area (Å²) in [5.74, 6) is 0.842. The molecule has 0 aliphatic carbocycles. The molecule has 0 aliphatic heterocycles. The smallest absolute Gasteiger partial charge is 0.122 e. The quantitative estimate of drug-likeness (QED) is 0.871. The van der Waals surface area contributed by atoms with Crippen LogP contribution < -0.4 is 10.5 Å². The van der Waals surface area contributed by atoms with Crippen LogP contribution in [0, 0.1) is 6.92 Å². The predicted octanol–water partition coefficient (Wildman–Crippen LogP) is 1.71. The van der Waals surface area contributed by atoms with Crippen molar-refractivity contribution in [2.45, 2.75) is 20.0 Å². The lowest BCUT2D eigenvalue weighted by Crippen LogP contribution is -2.08. The number of methoxy groups -OCH3 is 1. The van der Waals surface area contributed by atoms with E-state index in [0.717, 1.165) is 29.4 Å². The molecule has 0 unspecified atom stereocenters. The van der Waals surface area contributed by atoms with Crippen LogP contribution in [0.3, 0.4) is 0 Å². The Morgan fingerprint density at radius 3 is 2.94 bits per heavy atom. The average molecular weight is 231 g/mol. The molecule has 4 nitrogen and oxygen atoms in total. The number of ether oxygens (including phenoxy) is 1. The third-order valence-corrected chi connectivity index (χ3v) is 2.68. The first-order chi connectivity index (χ1) is 8.22. The second-order valence-corrected chi connectivity index (χ2v) is 3.97. The molecule has 2 heterocycles. The summed E-state index contributed by atoms with van der Waals surface area (Å²) in [6.07, 6.45) is 2.01. The monoisotopic (exact) mass is 231 g/mol. The molecule has 0 aromatic carbocycles. The maximum Gasteiger partial charge on any atom is 0.122 e. The van der Waals surface area contributed by atoms with E-state index in [2.05, 4.69) is 9.55 Å². The van der Waals surface area contributed by atoms with Gasteiger partial charge in [0.05, 0.1) is 19.3 Å². The number of hydrogen-bond donors (Lipinski definition) is 1. The molecule has 0 amide bonds. The molecule has 90 valence electrons. The number of rotatable bonds is 4. The lowest BCUT2D eigenvalue weighted by molar-refractivity contribution is 0.413. The maximum absolute atomic E-state index is 5.67. The summed E-state index contributed by atoms with van der Waals surface area (Å²) in [5.41, 5.74) is 8.71. The Balaban J connectivity index is 2.26. The van der Waals surface area contributed by atoms with Crippen LogP contribution in [-0.4, -0.2) is 16.7 Å². The lowest BCUT2D eigenvalue weighted by Gasteiger charge is -2.09. The minimum Gasteiger partial charge on any atom is -0.497 e. The van der Waals surface area contributed by atoms with Crippen molar-refractivity contribution in [2.24, 2.45) is 5.73 Å². The van der Waals surface area contributed by atoms with Crippen molar-refractivity contribution in [1.29, 1.82) is 0 Å². The van der Waals surface area contributed by atoms with Crippen LogP contribution in [0.5, 0.6) is 5.75 Å². The van der Waals surface area contributed by atoms with Crippen LogP contribution in [0.15, 0.2) is 30.5 Å². The van der Waals surface area contributed by atoms with Gasteiger partial charge in [-0.25, -0.2) is 0 Å². The van der Waals surface area contributed by atoms with E-state index in [-0.39, 0.29) is 0 Å². The van der Waals surface area contributed by atoms with Gasteiger partial charge >= 0.3 is 0 Å². The van der Waals surface area contributed by atoms with Crippen LogP contribution in [0.4, 0.5) is 0 Å². The molecule has 2 N–H and O–H groups in total. The van der Waals surface area contributed by atoms with Crippen molar-refractivity contribution in [3.63, 3.8) is 0 Å². The second-order valence-electron chi connectivity index (χ2n) is 3.97. The average Bonchev–Trinajstić information content (AvgIpc) is 2.75. The Morgan fingerprint density at radius 1 is 1.41 bits per heavy atom. The molecule has 2 rings (SSSR count). The Labute approximate surface area is 101 Å². The van der Waals surface area contributed by atoms with Gasteiger partial charge in [0.2, 0.25) is 0 Å². The van der Waals surface area contributed by atoms with Gasteiger partial charge in [0.25, 0.3) is 0 Å². The third kappa shape index (κ3) is 2.65. The minimum absolute atomic E-state index is 0.538. The van der Waals surface area contributed by atoms with E-state index >= 15 is 0 Å². The summed E-state index contributed by atoms with van der Waals surface area (Å²) >= 11 is 0. The molecule has 0 fully saturated rings. The van der Waals surface area contributed by atoms with Gasteiger partial charge in [-0.2, -0.15) is 0 Å². The van der Waals surface area contributed by atoms with Crippen molar-refractivity contribution in [1.82, 2.24) is 9.55 Å². The van der Waals surface area contributed by atoms with Gasteiger partial charge in [0, 0.05) is 36.3 Å².